The van der Waals surface area contributed by atoms with Crippen molar-refractivity contribution in [3.63, 3.8) is 0 Å². The quantitative estimate of drug-likeness (QED) is 0.182. The number of thioether (sulfide) groups is 1. The van der Waals surface area contributed by atoms with Crippen molar-refractivity contribution in [1.82, 2.24) is 21.3 Å². The van der Waals surface area contributed by atoms with Crippen molar-refractivity contribution < 1.29 is 34.5 Å². The molecule has 5 unspecified atom stereocenters. The SMILES string of the molecule is CSCCC(NC(=O)C(Cc1ccc(O)cc1)NC(=O)C1CCCN1)C(=O)NC(C(=O)O)C(C)O. The number of rotatable bonds is 13. The van der Waals surface area contributed by atoms with Crippen LogP contribution in [0.15, 0.2) is 24.3 Å². The van der Waals surface area contributed by atoms with Gasteiger partial charge in [0.2, 0.25) is 17.7 Å². The molecule has 12 heteroatoms. The van der Waals surface area contributed by atoms with E-state index in [9.17, 15) is 34.5 Å². The number of phenolic OH excluding ortho intramolecular Hbond substituents is 1. The Balaban J connectivity index is 2.19. The number of aliphatic hydroxyl groups excluding tert-OH is 1. The van der Waals surface area contributed by atoms with Crippen LogP contribution in [0.4, 0.5) is 0 Å². The fourth-order valence-corrected chi connectivity index (χ4v) is 4.15. The van der Waals surface area contributed by atoms with Crippen molar-refractivity contribution in [2.45, 2.75) is 62.9 Å². The number of carboxylic acid groups (broad SMARTS) is 1. The highest BCUT2D eigenvalue weighted by Gasteiger charge is 2.32. The van der Waals surface area contributed by atoms with Crippen LogP contribution >= 0.6 is 11.8 Å². The third-order valence-electron chi connectivity index (χ3n) is 5.68. The molecule has 1 aliphatic heterocycles. The van der Waals surface area contributed by atoms with Crippen LogP contribution in [-0.4, -0.2) is 87.8 Å². The molecule has 35 heavy (non-hydrogen) atoms. The molecule has 1 saturated heterocycles. The van der Waals surface area contributed by atoms with Gasteiger partial charge in [-0.1, -0.05) is 12.1 Å². The minimum absolute atomic E-state index is 0.0637. The number of benzene rings is 1. The number of hydrogen-bond donors (Lipinski definition) is 7. The van der Waals surface area contributed by atoms with Gasteiger partial charge in [-0.15, -0.1) is 0 Å². The second-order valence-corrected chi connectivity index (χ2v) is 9.47. The fraction of sp³-hybridized carbons (Fsp3) is 0.565. The zero-order valence-corrected chi connectivity index (χ0v) is 20.6. The van der Waals surface area contributed by atoms with Crippen molar-refractivity contribution in [3.8, 4) is 5.75 Å². The van der Waals surface area contributed by atoms with Gasteiger partial charge in [0.15, 0.2) is 6.04 Å². The molecular formula is C23H34N4O7S. The molecule has 0 bridgehead atoms. The number of amides is 3. The minimum Gasteiger partial charge on any atom is -0.508 e. The number of carboxylic acids is 1. The Morgan fingerprint density at radius 3 is 2.29 bits per heavy atom. The molecule has 3 amide bonds. The smallest absolute Gasteiger partial charge is 0.328 e. The Morgan fingerprint density at radius 2 is 1.74 bits per heavy atom. The summed E-state index contributed by atoms with van der Waals surface area (Å²) in [7, 11) is 0. The molecule has 0 aliphatic carbocycles. The third kappa shape index (κ3) is 9.04. The topological polar surface area (TPSA) is 177 Å². The normalized spacial score (nSPS) is 18.7. The molecule has 1 fully saturated rings. The van der Waals surface area contributed by atoms with E-state index in [1.807, 2.05) is 6.26 Å². The van der Waals surface area contributed by atoms with Crippen LogP contribution in [0.5, 0.6) is 5.75 Å². The molecule has 11 nitrogen and oxygen atoms in total. The Hall–Kier alpha value is -2.83. The number of aromatic hydroxyl groups is 1. The summed E-state index contributed by atoms with van der Waals surface area (Å²) in [4.78, 5) is 50.2. The van der Waals surface area contributed by atoms with E-state index in [1.54, 1.807) is 12.1 Å². The van der Waals surface area contributed by atoms with E-state index < -0.39 is 48.1 Å². The summed E-state index contributed by atoms with van der Waals surface area (Å²) in [6.07, 6.45) is 2.32. The number of carbonyl (C=O) groups is 4. The van der Waals surface area contributed by atoms with Crippen LogP contribution in [0.3, 0.4) is 0 Å². The van der Waals surface area contributed by atoms with Crippen molar-refractivity contribution >= 4 is 35.5 Å². The van der Waals surface area contributed by atoms with Gasteiger partial charge in [0.25, 0.3) is 0 Å². The van der Waals surface area contributed by atoms with Crippen molar-refractivity contribution in [3.05, 3.63) is 29.8 Å². The average molecular weight is 511 g/mol. The lowest BCUT2D eigenvalue weighted by Gasteiger charge is -2.26. The van der Waals surface area contributed by atoms with Gasteiger partial charge in [-0.25, -0.2) is 4.79 Å². The predicted octanol–water partition coefficient (Wildman–Crippen LogP) is -0.640. The van der Waals surface area contributed by atoms with Gasteiger partial charge < -0.3 is 36.6 Å². The molecule has 1 aromatic rings. The van der Waals surface area contributed by atoms with E-state index >= 15 is 0 Å². The molecule has 1 aliphatic rings. The fourth-order valence-electron chi connectivity index (χ4n) is 3.68. The van der Waals surface area contributed by atoms with Crippen LogP contribution < -0.4 is 21.3 Å². The minimum atomic E-state index is -1.53. The molecular weight excluding hydrogens is 476 g/mol. The van der Waals surface area contributed by atoms with E-state index in [2.05, 4.69) is 21.3 Å². The summed E-state index contributed by atoms with van der Waals surface area (Å²) >= 11 is 1.45. The first kappa shape index (κ1) is 28.4. The maximum absolute atomic E-state index is 13.2. The van der Waals surface area contributed by atoms with Gasteiger partial charge in [-0.2, -0.15) is 11.8 Å². The summed E-state index contributed by atoms with van der Waals surface area (Å²) in [5.74, 6) is -2.50. The molecule has 2 rings (SSSR count). The average Bonchev–Trinajstić information content (AvgIpc) is 3.35. The van der Waals surface area contributed by atoms with Gasteiger partial charge in [-0.05, 0) is 62.4 Å². The van der Waals surface area contributed by atoms with Gasteiger partial charge in [0.1, 0.15) is 17.8 Å². The molecule has 194 valence electrons. The summed E-state index contributed by atoms with van der Waals surface area (Å²) in [6.45, 7) is 1.95. The van der Waals surface area contributed by atoms with E-state index in [0.29, 0.717) is 24.3 Å². The lowest BCUT2D eigenvalue weighted by atomic mass is 10.0. The van der Waals surface area contributed by atoms with Crippen LogP contribution in [0.1, 0.15) is 31.7 Å². The van der Waals surface area contributed by atoms with Crippen molar-refractivity contribution in [1.29, 1.82) is 0 Å². The summed E-state index contributed by atoms with van der Waals surface area (Å²) in [5, 5.41) is 39.2. The molecule has 0 radical (unpaired) electrons. The molecule has 0 aromatic heterocycles. The molecule has 1 heterocycles. The van der Waals surface area contributed by atoms with Crippen LogP contribution in [0, 0.1) is 0 Å². The highest BCUT2D eigenvalue weighted by molar-refractivity contribution is 7.98. The Bertz CT molecular complexity index is 875. The second-order valence-electron chi connectivity index (χ2n) is 8.49. The number of nitrogens with one attached hydrogen (secondary N) is 4. The van der Waals surface area contributed by atoms with E-state index in [0.717, 1.165) is 6.42 Å². The number of hydrogen-bond acceptors (Lipinski definition) is 8. The van der Waals surface area contributed by atoms with Crippen molar-refractivity contribution in [2.75, 3.05) is 18.6 Å². The summed E-state index contributed by atoms with van der Waals surface area (Å²) < 4.78 is 0. The molecule has 5 atom stereocenters. The number of aliphatic carboxylic acids is 1. The zero-order valence-electron chi connectivity index (χ0n) is 19.8. The lowest BCUT2D eigenvalue weighted by Crippen LogP contribution is -2.58. The predicted molar refractivity (Wildman–Crippen MR) is 131 cm³/mol. The Kier molecular flexibility index (Phi) is 11.3. The highest BCUT2D eigenvalue weighted by atomic mass is 32.2. The molecule has 0 saturated carbocycles. The van der Waals surface area contributed by atoms with Crippen LogP contribution in [-0.2, 0) is 25.6 Å². The largest absolute Gasteiger partial charge is 0.508 e. The second kappa shape index (κ2) is 13.9. The Morgan fingerprint density at radius 1 is 1.09 bits per heavy atom. The van der Waals surface area contributed by atoms with Crippen LogP contribution in [0.25, 0.3) is 0 Å². The first-order valence-corrected chi connectivity index (χ1v) is 12.8. The third-order valence-corrected chi connectivity index (χ3v) is 6.32. The molecule has 0 spiro atoms. The first-order chi connectivity index (χ1) is 16.6. The van der Waals surface area contributed by atoms with Crippen molar-refractivity contribution in [2.24, 2.45) is 0 Å². The molecule has 7 N–H and O–H groups in total. The van der Waals surface area contributed by atoms with Gasteiger partial charge in [0.05, 0.1) is 12.1 Å². The number of carbonyl (C=O) groups excluding carboxylic acids is 3. The zero-order chi connectivity index (χ0) is 26.0. The maximum atomic E-state index is 13.2. The van der Waals surface area contributed by atoms with E-state index in [4.69, 9.17) is 0 Å². The monoisotopic (exact) mass is 510 g/mol. The summed E-state index contributed by atoms with van der Waals surface area (Å²) in [6, 6.07) is 2.19. The van der Waals surface area contributed by atoms with E-state index in [-0.39, 0.29) is 24.5 Å². The van der Waals surface area contributed by atoms with E-state index in [1.165, 1.54) is 30.8 Å². The lowest BCUT2D eigenvalue weighted by molar-refractivity contribution is -0.145. The number of phenols is 1. The van der Waals surface area contributed by atoms with Gasteiger partial charge in [-0.3, -0.25) is 14.4 Å². The van der Waals surface area contributed by atoms with Gasteiger partial charge in [0, 0.05) is 6.42 Å². The standard InChI is InChI=1S/C23H34N4O7S/c1-13(28)19(23(33)34)27-21(31)17(9-11-35-2)25-22(32)18(12-14-5-7-15(29)8-6-14)26-20(30)16-4-3-10-24-16/h5-8,13,16-19,24,28-29H,3-4,9-12H2,1-2H3,(H,25,32)(H,26,30)(H,27,31)(H,33,34). The molecule has 1 aromatic carbocycles. The first-order valence-electron chi connectivity index (χ1n) is 11.4. The Labute approximate surface area is 208 Å². The highest BCUT2D eigenvalue weighted by Crippen LogP contribution is 2.13. The number of aliphatic hydroxyl groups is 1. The van der Waals surface area contributed by atoms with Crippen LogP contribution in [0.2, 0.25) is 0 Å². The maximum Gasteiger partial charge on any atom is 0.328 e. The van der Waals surface area contributed by atoms with Gasteiger partial charge >= 0.3 is 5.97 Å². The summed E-state index contributed by atoms with van der Waals surface area (Å²) in [5.41, 5.74) is 0.688.